The maximum absolute atomic E-state index is 12.6. The number of thioether (sulfide) groups is 1. The number of nitrogens with zero attached hydrogens (tertiary/aromatic N) is 1. The van der Waals surface area contributed by atoms with Gasteiger partial charge in [0.2, 0.25) is 0 Å². The van der Waals surface area contributed by atoms with Gasteiger partial charge in [-0.25, -0.2) is 0 Å². The summed E-state index contributed by atoms with van der Waals surface area (Å²) in [5.74, 6) is -0.406. The Hall–Kier alpha value is -1.17. The van der Waals surface area contributed by atoms with Crippen molar-refractivity contribution in [2.45, 2.75) is 6.54 Å². The average Bonchev–Trinajstić information content (AvgIpc) is 2.82. The van der Waals surface area contributed by atoms with Gasteiger partial charge in [0, 0.05) is 15.6 Å². The van der Waals surface area contributed by atoms with Crippen LogP contribution in [0.25, 0.3) is 6.08 Å². The molecule has 2 amide bonds. The van der Waals surface area contributed by atoms with Crippen molar-refractivity contribution in [3.8, 4) is 0 Å². The third-order valence-electron chi connectivity index (χ3n) is 3.47. The van der Waals surface area contributed by atoms with Gasteiger partial charge in [-0.15, -0.1) is 0 Å². The van der Waals surface area contributed by atoms with Crippen LogP contribution < -0.4 is 0 Å². The Morgan fingerprint density at radius 3 is 2.24 bits per heavy atom. The lowest BCUT2D eigenvalue weighted by Crippen LogP contribution is -2.27. The van der Waals surface area contributed by atoms with Crippen LogP contribution in [0, 0.1) is 0 Å². The molecule has 0 bridgehead atoms. The van der Waals surface area contributed by atoms with Gasteiger partial charge >= 0.3 is 0 Å². The van der Waals surface area contributed by atoms with Crippen molar-refractivity contribution in [3.63, 3.8) is 0 Å². The van der Waals surface area contributed by atoms with E-state index in [0.717, 1.165) is 16.7 Å². The summed E-state index contributed by atoms with van der Waals surface area (Å²) in [6.45, 7) is 0.106. The van der Waals surface area contributed by atoms with E-state index in [-0.39, 0.29) is 16.7 Å². The number of imide groups is 1. The van der Waals surface area contributed by atoms with Crippen LogP contribution in [0.1, 0.15) is 11.1 Å². The summed E-state index contributed by atoms with van der Waals surface area (Å²) in [7, 11) is 0. The van der Waals surface area contributed by atoms with Gasteiger partial charge in [-0.05, 0) is 47.7 Å². The zero-order valence-corrected chi connectivity index (χ0v) is 16.3. The Morgan fingerprint density at radius 1 is 0.920 bits per heavy atom. The molecule has 0 aliphatic carbocycles. The largest absolute Gasteiger partial charge is 0.293 e. The number of hydrogen-bond acceptors (Lipinski definition) is 3. The van der Waals surface area contributed by atoms with Crippen LogP contribution in [0.15, 0.2) is 41.3 Å². The standard InChI is InChI=1S/C17H9Cl4NO2S/c18-11-2-1-3-12(19)10(11)7-15-16(23)22(17(24)25-15)8-9-4-5-13(20)14(21)6-9/h1-7H,8H2/b15-7+. The molecule has 25 heavy (non-hydrogen) atoms. The minimum absolute atomic E-state index is 0.106. The fraction of sp³-hybridized carbons (Fsp3) is 0.0588. The second-order valence-corrected chi connectivity index (χ2v) is 7.77. The number of amides is 2. The lowest BCUT2D eigenvalue weighted by atomic mass is 10.2. The van der Waals surface area contributed by atoms with Gasteiger partial charge in [0.05, 0.1) is 21.5 Å². The quantitative estimate of drug-likeness (QED) is 0.517. The SMILES string of the molecule is O=C1S/C(=C/c2c(Cl)cccc2Cl)C(=O)N1Cc1ccc(Cl)c(Cl)c1. The third kappa shape index (κ3) is 3.99. The second kappa shape index (κ2) is 7.60. The zero-order chi connectivity index (χ0) is 18.1. The molecular weight excluding hydrogens is 424 g/mol. The highest BCUT2D eigenvalue weighted by Crippen LogP contribution is 2.36. The number of halogens is 4. The topological polar surface area (TPSA) is 37.4 Å². The Balaban J connectivity index is 1.87. The van der Waals surface area contributed by atoms with E-state index < -0.39 is 5.91 Å². The van der Waals surface area contributed by atoms with Gasteiger partial charge in [-0.2, -0.15) is 0 Å². The van der Waals surface area contributed by atoms with Gasteiger partial charge in [0.15, 0.2) is 0 Å². The van der Waals surface area contributed by atoms with E-state index in [1.165, 1.54) is 6.08 Å². The molecule has 0 saturated carbocycles. The van der Waals surface area contributed by atoms with Gasteiger partial charge in [0.1, 0.15) is 0 Å². The van der Waals surface area contributed by atoms with E-state index in [1.54, 1.807) is 36.4 Å². The molecule has 1 aliphatic heterocycles. The normalized spacial score (nSPS) is 16.2. The average molecular weight is 433 g/mol. The van der Waals surface area contributed by atoms with E-state index in [1.807, 2.05) is 0 Å². The maximum Gasteiger partial charge on any atom is 0.293 e. The van der Waals surface area contributed by atoms with Gasteiger partial charge in [-0.1, -0.05) is 58.5 Å². The summed E-state index contributed by atoms with van der Waals surface area (Å²) in [4.78, 5) is 26.2. The fourth-order valence-electron chi connectivity index (χ4n) is 2.24. The van der Waals surface area contributed by atoms with Crippen molar-refractivity contribution in [1.29, 1.82) is 0 Å². The van der Waals surface area contributed by atoms with Crippen molar-refractivity contribution >= 4 is 75.4 Å². The molecule has 0 atom stereocenters. The number of carbonyl (C=O) groups excluding carboxylic acids is 2. The molecule has 128 valence electrons. The predicted molar refractivity (Wildman–Crippen MR) is 104 cm³/mol. The summed E-state index contributed by atoms with van der Waals surface area (Å²) in [6, 6.07) is 10.0. The highest BCUT2D eigenvalue weighted by molar-refractivity contribution is 8.18. The predicted octanol–water partition coefficient (Wildman–Crippen LogP) is 6.54. The minimum atomic E-state index is -0.406. The van der Waals surface area contributed by atoms with Crippen LogP contribution in [-0.4, -0.2) is 16.0 Å². The molecule has 0 N–H and O–H groups in total. The van der Waals surface area contributed by atoms with Crippen LogP contribution in [-0.2, 0) is 11.3 Å². The molecule has 1 saturated heterocycles. The highest BCUT2D eigenvalue weighted by Gasteiger charge is 2.35. The van der Waals surface area contributed by atoms with Crippen LogP contribution in [0.2, 0.25) is 20.1 Å². The Bertz CT molecular complexity index is 893. The Morgan fingerprint density at radius 2 is 1.60 bits per heavy atom. The van der Waals surface area contributed by atoms with Crippen molar-refractivity contribution in [2.24, 2.45) is 0 Å². The summed E-state index contributed by atoms with van der Waals surface area (Å²) in [6.07, 6.45) is 1.53. The Kier molecular flexibility index (Phi) is 5.66. The second-order valence-electron chi connectivity index (χ2n) is 5.15. The lowest BCUT2D eigenvalue weighted by Gasteiger charge is -2.13. The molecule has 0 aromatic heterocycles. The third-order valence-corrected chi connectivity index (χ3v) is 5.78. The molecule has 0 spiro atoms. The molecule has 2 aromatic rings. The first-order valence-corrected chi connectivity index (χ1v) is 9.33. The van der Waals surface area contributed by atoms with E-state index >= 15 is 0 Å². The highest BCUT2D eigenvalue weighted by atomic mass is 35.5. The summed E-state index contributed by atoms with van der Waals surface area (Å²) in [5, 5.41) is 1.22. The lowest BCUT2D eigenvalue weighted by molar-refractivity contribution is -0.123. The maximum atomic E-state index is 12.6. The summed E-state index contributed by atoms with van der Waals surface area (Å²) >= 11 is 24.9. The first kappa shape index (κ1) is 18.6. The molecule has 2 aromatic carbocycles. The van der Waals surface area contributed by atoms with Gasteiger partial charge in [-0.3, -0.25) is 14.5 Å². The first-order valence-electron chi connectivity index (χ1n) is 7.00. The molecule has 8 heteroatoms. The Labute approximate surface area is 168 Å². The first-order chi connectivity index (χ1) is 11.9. The number of hydrogen-bond donors (Lipinski definition) is 0. The van der Waals surface area contributed by atoms with Gasteiger partial charge < -0.3 is 0 Å². The van der Waals surface area contributed by atoms with Gasteiger partial charge in [0.25, 0.3) is 11.1 Å². The molecule has 1 heterocycles. The van der Waals surface area contributed by atoms with E-state index in [0.29, 0.717) is 31.2 Å². The fourth-order valence-corrected chi connectivity index (χ4v) is 3.88. The number of benzene rings is 2. The molecule has 1 fully saturated rings. The monoisotopic (exact) mass is 431 g/mol. The van der Waals surface area contributed by atoms with Crippen LogP contribution in [0.5, 0.6) is 0 Å². The summed E-state index contributed by atoms with van der Waals surface area (Å²) in [5.41, 5.74) is 1.21. The molecule has 0 unspecified atom stereocenters. The van der Waals surface area contributed by atoms with Crippen LogP contribution in [0.4, 0.5) is 4.79 Å². The van der Waals surface area contributed by atoms with E-state index in [2.05, 4.69) is 0 Å². The molecule has 3 nitrogen and oxygen atoms in total. The van der Waals surface area contributed by atoms with Crippen molar-refractivity contribution in [3.05, 3.63) is 72.5 Å². The molecule has 0 radical (unpaired) electrons. The zero-order valence-electron chi connectivity index (χ0n) is 12.4. The smallest absolute Gasteiger partial charge is 0.268 e. The minimum Gasteiger partial charge on any atom is -0.268 e. The van der Waals surface area contributed by atoms with Crippen molar-refractivity contribution in [1.82, 2.24) is 4.90 Å². The number of rotatable bonds is 3. The molecule has 3 rings (SSSR count). The van der Waals surface area contributed by atoms with E-state index in [4.69, 9.17) is 46.4 Å². The molecule has 1 aliphatic rings. The van der Waals surface area contributed by atoms with Crippen LogP contribution in [0.3, 0.4) is 0 Å². The molecular formula is C17H9Cl4NO2S. The van der Waals surface area contributed by atoms with Crippen molar-refractivity contribution in [2.75, 3.05) is 0 Å². The van der Waals surface area contributed by atoms with E-state index in [9.17, 15) is 9.59 Å². The van der Waals surface area contributed by atoms with Crippen LogP contribution >= 0.6 is 58.2 Å². The number of carbonyl (C=O) groups is 2. The summed E-state index contributed by atoms with van der Waals surface area (Å²) < 4.78 is 0. The van der Waals surface area contributed by atoms with Crippen molar-refractivity contribution < 1.29 is 9.59 Å².